The number of nitrogens with zero attached hydrogens (tertiary/aromatic N) is 2. The molecular formula is C17H23BrN4O3S2. The van der Waals surface area contributed by atoms with E-state index in [1.807, 2.05) is 13.1 Å². The predicted molar refractivity (Wildman–Crippen MR) is 108 cm³/mol. The summed E-state index contributed by atoms with van der Waals surface area (Å²) in [6.45, 7) is 3.25. The molecule has 1 atom stereocenters. The van der Waals surface area contributed by atoms with Crippen LogP contribution in [0.1, 0.15) is 30.5 Å². The zero-order chi connectivity index (χ0) is 19.4. The normalized spacial score (nSPS) is 18.5. The minimum atomic E-state index is -3.54. The van der Waals surface area contributed by atoms with E-state index in [1.165, 1.54) is 15.6 Å². The third-order valence-electron chi connectivity index (χ3n) is 4.75. The lowest BCUT2D eigenvalue weighted by Crippen LogP contribution is -2.45. The van der Waals surface area contributed by atoms with Crippen LogP contribution in [0.5, 0.6) is 0 Å². The van der Waals surface area contributed by atoms with Crippen LogP contribution < -0.4 is 5.32 Å². The van der Waals surface area contributed by atoms with Crippen LogP contribution in [0.4, 0.5) is 0 Å². The maximum absolute atomic E-state index is 12.8. The molecular weight excluding hydrogens is 452 g/mol. The lowest BCUT2D eigenvalue weighted by atomic mass is 9.99. The van der Waals surface area contributed by atoms with E-state index in [4.69, 9.17) is 0 Å². The Hall–Kier alpha value is -1.23. The van der Waals surface area contributed by atoms with Gasteiger partial charge in [0.2, 0.25) is 5.91 Å². The molecule has 148 valence electrons. The fraction of sp³-hybridized carbons (Fsp3) is 0.529. The quantitative estimate of drug-likeness (QED) is 0.602. The largest absolute Gasteiger partial charge is 0.356 e. The summed E-state index contributed by atoms with van der Waals surface area (Å²) in [5.74, 6) is -0.362. The molecule has 0 saturated carbocycles. The van der Waals surface area contributed by atoms with Gasteiger partial charge in [0.1, 0.15) is 4.21 Å². The molecule has 3 rings (SSSR count). The van der Waals surface area contributed by atoms with Crippen LogP contribution in [0.3, 0.4) is 0 Å². The van der Waals surface area contributed by atoms with Gasteiger partial charge in [-0.3, -0.25) is 9.89 Å². The number of hydrogen-bond acceptors (Lipinski definition) is 5. The van der Waals surface area contributed by atoms with E-state index in [2.05, 4.69) is 31.4 Å². The topological polar surface area (TPSA) is 95.2 Å². The van der Waals surface area contributed by atoms with Crippen molar-refractivity contribution in [2.24, 2.45) is 5.92 Å². The minimum absolute atomic E-state index is 0.0637. The fourth-order valence-electron chi connectivity index (χ4n) is 3.20. The van der Waals surface area contributed by atoms with Crippen molar-refractivity contribution >= 4 is 43.2 Å². The van der Waals surface area contributed by atoms with E-state index in [-0.39, 0.29) is 18.4 Å². The highest BCUT2D eigenvalue weighted by Gasteiger charge is 2.33. The first-order valence-corrected chi connectivity index (χ1v) is 11.9. The second-order valence-electron chi connectivity index (χ2n) is 6.68. The Bertz CT molecular complexity index is 894. The molecule has 1 aliphatic heterocycles. The number of H-pyrrole nitrogens is 1. The number of aryl methyl sites for hydroxylation is 2. The number of aromatic amines is 1. The van der Waals surface area contributed by atoms with Crippen LogP contribution >= 0.6 is 27.3 Å². The van der Waals surface area contributed by atoms with Gasteiger partial charge >= 0.3 is 0 Å². The van der Waals surface area contributed by atoms with Crippen molar-refractivity contribution in [3.05, 3.63) is 33.4 Å². The summed E-state index contributed by atoms with van der Waals surface area (Å²) in [6, 6.07) is 3.33. The van der Waals surface area contributed by atoms with Crippen LogP contribution in [-0.2, 0) is 21.2 Å². The molecule has 0 spiro atoms. The van der Waals surface area contributed by atoms with Crippen LogP contribution in [0, 0.1) is 12.8 Å². The molecule has 0 aliphatic carbocycles. The molecule has 2 aromatic heterocycles. The minimum Gasteiger partial charge on any atom is -0.356 e. The number of carbonyl (C=O) groups excluding carboxylic acids is 1. The van der Waals surface area contributed by atoms with Gasteiger partial charge < -0.3 is 5.32 Å². The van der Waals surface area contributed by atoms with Gasteiger partial charge in [0, 0.05) is 25.3 Å². The Morgan fingerprint density at radius 2 is 2.30 bits per heavy atom. The van der Waals surface area contributed by atoms with E-state index in [1.54, 1.807) is 12.1 Å². The molecule has 0 aromatic carbocycles. The first-order valence-electron chi connectivity index (χ1n) is 8.90. The molecule has 2 N–H and O–H groups in total. The molecule has 1 fully saturated rings. The Morgan fingerprint density at radius 3 is 2.96 bits per heavy atom. The van der Waals surface area contributed by atoms with Crippen LogP contribution in [0.2, 0.25) is 0 Å². The van der Waals surface area contributed by atoms with Crippen LogP contribution in [0.25, 0.3) is 0 Å². The summed E-state index contributed by atoms with van der Waals surface area (Å²) in [5.41, 5.74) is 2.20. The number of thiophene rings is 1. The number of amides is 1. The number of aromatic nitrogens is 2. The van der Waals surface area contributed by atoms with E-state index in [9.17, 15) is 13.2 Å². The van der Waals surface area contributed by atoms with Gasteiger partial charge in [0.25, 0.3) is 10.0 Å². The predicted octanol–water partition coefficient (Wildman–Crippen LogP) is 2.69. The van der Waals surface area contributed by atoms with E-state index in [0.29, 0.717) is 30.1 Å². The molecule has 1 saturated heterocycles. The highest BCUT2D eigenvalue weighted by Crippen LogP contribution is 2.30. The highest BCUT2D eigenvalue weighted by molar-refractivity contribution is 9.11. The van der Waals surface area contributed by atoms with Gasteiger partial charge in [-0.25, -0.2) is 8.42 Å². The zero-order valence-electron chi connectivity index (χ0n) is 15.1. The Labute approximate surface area is 171 Å². The number of piperidine rings is 1. The van der Waals surface area contributed by atoms with Gasteiger partial charge in [-0.05, 0) is 66.2 Å². The number of hydrogen-bond donors (Lipinski definition) is 2. The molecule has 2 aromatic rings. The standard InChI is InChI=1S/C17H23BrN4O3S2/c1-12-13(10-20-21-12)4-2-8-19-17(23)14-5-3-9-22(11-14)27(24,25)16-7-6-15(18)26-16/h6-7,10,14H,2-5,8-9,11H2,1H3,(H,19,23)(H,20,21). The zero-order valence-corrected chi connectivity index (χ0v) is 18.3. The van der Waals surface area contributed by atoms with Crippen molar-refractivity contribution in [1.29, 1.82) is 0 Å². The van der Waals surface area contributed by atoms with Gasteiger partial charge in [-0.15, -0.1) is 11.3 Å². The summed E-state index contributed by atoms with van der Waals surface area (Å²) >= 11 is 4.50. The van der Waals surface area contributed by atoms with Gasteiger partial charge in [0.05, 0.1) is 15.9 Å². The molecule has 1 aliphatic rings. The van der Waals surface area contributed by atoms with Crippen molar-refractivity contribution < 1.29 is 13.2 Å². The Kier molecular flexibility index (Phi) is 6.72. The molecule has 1 unspecified atom stereocenters. The molecule has 27 heavy (non-hydrogen) atoms. The first kappa shape index (κ1) is 20.5. The fourth-order valence-corrected chi connectivity index (χ4v) is 6.89. The average Bonchev–Trinajstić information content (AvgIpc) is 3.27. The Balaban J connectivity index is 1.51. The van der Waals surface area contributed by atoms with Crippen molar-refractivity contribution in [3.63, 3.8) is 0 Å². The summed E-state index contributed by atoms with van der Waals surface area (Å²) in [7, 11) is -3.54. The Morgan fingerprint density at radius 1 is 1.48 bits per heavy atom. The molecule has 3 heterocycles. The van der Waals surface area contributed by atoms with E-state index >= 15 is 0 Å². The number of rotatable bonds is 7. The summed E-state index contributed by atoms with van der Waals surface area (Å²) in [5, 5.41) is 9.85. The number of nitrogens with one attached hydrogen (secondary N) is 2. The van der Waals surface area contributed by atoms with Gasteiger partial charge in [0.15, 0.2) is 0 Å². The number of halogens is 1. The summed E-state index contributed by atoms with van der Waals surface area (Å²) in [4.78, 5) is 12.5. The second kappa shape index (κ2) is 8.85. The van der Waals surface area contributed by atoms with Crippen LogP contribution in [0.15, 0.2) is 26.3 Å². The van der Waals surface area contributed by atoms with Gasteiger partial charge in [-0.1, -0.05) is 0 Å². The third kappa shape index (κ3) is 4.98. The average molecular weight is 475 g/mol. The summed E-state index contributed by atoms with van der Waals surface area (Å²) in [6.07, 6.45) is 4.89. The lowest BCUT2D eigenvalue weighted by molar-refractivity contribution is -0.126. The monoisotopic (exact) mass is 474 g/mol. The SMILES string of the molecule is Cc1[nH]ncc1CCCNC(=O)C1CCCN(S(=O)(=O)c2ccc(Br)s2)C1. The smallest absolute Gasteiger partial charge is 0.252 e. The molecule has 1 amide bonds. The highest BCUT2D eigenvalue weighted by atomic mass is 79.9. The van der Waals surface area contributed by atoms with Crippen molar-refractivity contribution in [2.45, 2.75) is 36.8 Å². The number of carbonyl (C=O) groups is 1. The molecule has 10 heteroatoms. The van der Waals surface area contributed by atoms with E-state index in [0.717, 1.165) is 27.9 Å². The molecule has 0 radical (unpaired) electrons. The third-order valence-corrected chi connectivity index (χ3v) is 8.71. The molecule has 7 nitrogen and oxygen atoms in total. The van der Waals surface area contributed by atoms with Crippen molar-refractivity contribution in [3.8, 4) is 0 Å². The van der Waals surface area contributed by atoms with Crippen molar-refractivity contribution in [2.75, 3.05) is 19.6 Å². The summed E-state index contributed by atoms with van der Waals surface area (Å²) < 4.78 is 28.1. The maximum atomic E-state index is 12.8. The van der Waals surface area contributed by atoms with Crippen LogP contribution in [-0.4, -0.2) is 48.5 Å². The molecule has 0 bridgehead atoms. The van der Waals surface area contributed by atoms with Gasteiger partial charge in [-0.2, -0.15) is 9.40 Å². The second-order valence-corrected chi connectivity index (χ2v) is 11.3. The first-order chi connectivity index (χ1) is 12.9. The lowest BCUT2D eigenvalue weighted by Gasteiger charge is -2.30. The van der Waals surface area contributed by atoms with Crippen molar-refractivity contribution in [1.82, 2.24) is 19.8 Å². The number of sulfonamides is 1. The maximum Gasteiger partial charge on any atom is 0.252 e. The van der Waals surface area contributed by atoms with E-state index < -0.39 is 10.0 Å².